The van der Waals surface area contributed by atoms with Crippen molar-refractivity contribution < 1.29 is 39.9 Å². The number of carbonyl (C=O) groups excluding carboxylic acids is 1. The highest BCUT2D eigenvalue weighted by atomic mass is 16.6. The van der Waals surface area contributed by atoms with E-state index in [0.717, 1.165) is 0 Å². The lowest BCUT2D eigenvalue weighted by molar-refractivity contribution is -0.141. The smallest absolute Gasteiger partial charge is 0.328 e. The first-order valence-electron chi connectivity index (χ1n) is 8.98. The maximum atomic E-state index is 12.0. The molecule has 3 heterocycles. The monoisotopic (exact) mass is 426 g/mol. The Balaban J connectivity index is 1.75. The molecule has 1 aliphatic rings. The molecule has 6 atom stereocenters. The number of rotatable bonds is 7. The lowest BCUT2D eigenvalue weighted by Gasteiger charge is -2.17. The van der Waals surface area contributed by atoms with Crippen LogP contribution in [0.25, 0.3) is 11.2 Å². The average Bonchev–Trinajstić information content (AvgIpc) is 3.25. The van der Waals surface area contributed by atoms with Crippen molar-refractivity contribution in [3.8, 4) is 0 Å². The minimum absolute atomic E-state index is 0.135. The number of nitrogens with one attached hydrogen (secondary N) is 2. The van der Waals surface area contributed by atoms with Gasteiger partial charge in [0.2, 0.25) is 0 Å². The fourth-order valence-corrected chi connectivity index (χ4v) is 3.07. The van der Waals surface area contributed by atoms with Crippen molar-refractivity contribution >= 4 is 23.2 Å². The Morgan fingerprint density at radius 2 is 2.00 bits per heavy atom. The number of aliphatic hydroxyl groups excluding tert-OH is 4. The summed E-state index contributed by atoms with van der Waals surface area (Å²) in [6.45, 7) is 0.617. The third-order valence-electron chi connectivity index (χ3n) is 4.68. The number of aromatic nitrogens is 4. The second-order valence-electron chi connectivity index (χ2n) is 6.76. The van der Waals surface area contributed by atoms with Gasteiger partial charge in [-0.15, -0.1) is 0 Å². The Morgan fingerprint density at radius 1 is 1.27 bits per heavy atom. The van der Waals surface area contributed by atoms with Gasteiger partial charge < -0.3 is 40.9 Å². The highest BCUT2D eigenvalue weighted by molar-refractivity contribution is 5.83. The van der Waals surface area contributed by atoms with Gasteiger partial charge in [-0.1, -0.05) is 0 Å². The summed E-state index contributed by atoms with van der Waals surface area (Å²) in [5.41, 5.74) is 0.829. The fraction of sp³-hybridized carbons (Fsp3) is 0.562. The maximum Gasteiger partial charge on any atom is 0.328 e. The third kappa shape index (κ3) is 4.17. The van der Waals surface area contributed by atoms with E-state index in [1.165, 1.54) is 24.1 Å². The van der Waals surface area contributed by atoms with Gasteiger partial charge in [-0.05, 0) is 6.92 Å². The molecule has 7 N–H and O–H groups in total. The van der Waals surface area contributed by atoms with Gasteiger partial charge in [0.1, 0.15) is 30.2 Å². The predicted molar refractivity (Wildman–Crippen MR) is 96.8 cm³/mol. The molecule has 0 aromatic carbocycles. The van der Waals surface area contributed by atoms with Crippen LogP contribution < -0.4 is 10.6 Å². The Hall–Kier alpha value is -2.91. The molecule has 30 heavy (non-hydrogen) atoms. The number of amides is 2. The lowest BCUT2D eigenvalue weighted by atomic mass is 10.1. The molecule has 0 aliphatic carbocycles. The van der Waals surface area contributed by atoms with Crippen LogP contribution in [-0.4, -0.2) is 94.1 Å². The van der Waals surface area contributed by atoms with E-state index in [-0.39, 0.29) is 17.7 Å². The number of hydrogen-bond acceptors (Lipinski definition) is 10. The van der Waals surface area contributed by atoms with Crippen molar-refractivity contribution in [2.75, 3.05) is 6.61 Å². The molecule has 2 aromatic heterocycles. The van der Waals surface area contributed by atoms with Gasteiger partial charge in [0.15, 0.2) is 17.9 Å². The Kier molecular flexibility index (Phi) is 6.42. The van der Waals surface area contributed by atoms with Crippen molar-refractivity contribution in [3.63, 3.8) is 0 Å². The Labute approximate surface area is 169 Å². The van der Waals surface area contributed by atoms with Gasteiger partial charge in [-0.2, -0.15) is 0 Å². The molecule has 14 nitrogen and oxygen atoms in total. The summed E-state index contributed by atoms with van der Waals surface area (Å²) in [6, 6.07) is -2.32. The summed E-state index contributed by atoms with van der Waals surface area (Å²) < 4.78 is 6.84. The second kappa shape index (κ2) is 8.85. The minimum Gasteiger partial charge on any atom is -0.480 e. The summed E-state index contributed by atoms with van der Waals surface area (Å²) in [5, 5.41) is 52.3. The van der Waals surface area contributed by atoms with Crippen LogP contribution in [0.2, 0.25) is 0 Å². The van der Waals surface area contributed by atoms with E-state index in [0.29, 0.717) is 5.69 Å². The van der Waals surface area contributed by atoms with Crippen LogP contribution in [-0.2, 0) is 16.1 Å². The highest BCUT2D eigenvalue weighted by Crippen LogP contribution is 2.31. The molecule has 1 saturated heterocycles. The summed E-state index contributed by atoms with van der Waals surface area (Å²) >= 11 is 0. The third-order valence-corrected chi connectivity index (χ3v) is 4.68. The van der Waals surface area contributed by atoms with Crippen molar-refractivity contribution in [3.05, 3.63) is 18.3 Å². The van der Waals surface area contributed by atoms with Crippen LogP contribution in [0.1, 0.15) is 18.8 Å². The molecule has 0 unspecified atom stereocenters. The zero-order valence-corrected chi connectivity index (χ0v) is 15.8. The van der Waals surface area contributed by atoms with Gasteiger partial charge in [0, 0.05) is 0 Å². The largest absolute Gasteiger partial charge is 0.480 e. The first-order valence-corrected chi connectivity index (χ1v) is 8.98. The quantitative estimate of drug-likeness (QED) is 0.238. The number of imidazole rings is 1. The number of urea groups is 1. The number of hydrogen-bond donors (Lipinski definition) is 7. The number of carboxylic acids is 1. The molecule has 0 bridgehead atoms. The Bertz CT molecular complexity index is 920. The maximum absolute atomic E-state index is 12.0. The van der Waals surface area contributed by atoms with Gasteiger partial charge in [0.05, 0.1) is 31.3 Å². The number of aliphatic carboxylic acids is 1. The molecular formula is C16H22N6O8. The van der Waals surface area contributed by atoms with Crippen LogP contribution in [0, 0.1) is 0 Å². The number of carbonyl (C=O) groups is 2. The van der Waals surface area contributed by atoms with Gasteiger partial charge in [-0.25, -0.2) is 24.5 Å². The minimum atomic E-state index is -1.48. The van der Waals surface area contributed by atoms with Gasteiger partial charge >= 0.3 is 12.0 Å². The fourth-order valence-electron chi connectivity index (χ4n) is 3.07. The summed E-state index contributed by atoms with van der Waals surface area (Å²) in [7, 11) is 0. The molecule has 0 saturated carbocycles. The van der Waals surface area contributed by atoms with Crippen molar-refractivity contribution in [2.45, 2.75) is 50.2 Å². The van der Waals surface area contributed by atoms with E-state index in [1.807, 2.05) is 0 Å². The van der Waals surface area contributed by atoms with Crippen molar-refractivity contribution in [2.24, 2.45) is 0 Å². The molecule has 0 radical (unpaired) electrons. The molecule has 3 rings (SSSR count). The number of nitrogens with zero attached hydrogens (tertiary/aromatic N) is 4. The van der Waals surface area contributed by atoms with Crippen LogP contribution in [0.15, 0.2) is 12.7 Å². The molecular weight excluding hydrogens is 404 g/mol. The zero-order chi connectivity index (χ0) is 22.0. The molecule has 2 amide bonds. The standard InChI is InChI=1S/C16H22N6O8/c1-6(24)9(15(27)28)21-16(29)17-2-7-10-13(19-4-18-7)22(5-20-10)14-12(26)11(25)8(3-23)30-14/h4-6,8-9,11-12,14,23-26H,2-3H2,1H3,(H,27,28)(H2,17,21,29)/t6-,8+,9+,11+,12+,14+/m1/s1. The predicted octanol–water partition coefficient (Wildman–Crippen LogP) is -2.93. The SMILES string of the molecule is C[C@@H](O)[C@H](NC(=O)NCc1ncnc2c1ncn2[C@H]1O[C@@H](CO)[C@H](O)[C@@H]1O)C(=O)O. The van der Waals surface area contributed by atoms with E-state index >= 15 is 0 Å². The molecule has 0 spiro atoms. The summed E-state index contributed by atoms with van der Waals surface area (Å²) in [4.78, 5) is 35.3. The van der Waals surface area contributed by atoms with E-state index in [4.69, 9.17) is 9.84 Å². The lowest BCUT2D eigenvalue weighted by Crippen LogP contribution is -2.51. The normalized spacial score (nSPS) is 25.8. The Morgan fingerprint density at radius 3 is 2.60 bits per heavy atom. The second-order valence-corrected chi connectivity index (χ2v) is 6.76. The number of carboxylic acid groups (broad SMARTS) is 1. The van der Waals surface area contributed by atoms with Crippen molar-refractivity contribution in [1.29, 1.82) is 0 Å². The van der Waals surface area contributed by atoms with E-state index in [2.05, 4.69) is 25.6 Å². The molecule has 14 heteroatoms. The molecule has 1 fully saturated rings. The first kappa shape index (κ1) is 21.8. The molecule has 2 aromatic rings. The number of ether oxygens (including phenoxy) is 1. The number of fused-ring (bicyclic) bond motifs is 1. The van der Waals surface area contributed by atoms with Crippen LogP contribution in [0.3, 0.4) is 0 Å². The van der Waals surface area contributed by atoms with Crippen LogP contribution in [0.5, 0.6) is 0 Å². The van der Waals surface area contributed by atoms with E-state index < -0.39 is 55.3 Å². The average molecular weight is 426 g/mol. The van der Waals surface area contributed by atoms with Crippen LogP contribution >= 0.6 is 0 Å². The number of aliphatic hydroxyl groups is 4. The highest BCUT2D eigenvalue weighted by Gasteiger charge is 2.44. The van der Waals surface area contributed by atoms with Gasteiger partial charge in [-0.3, -0.25) is 4.57 Å². The topological polar surface area (TPSA) is 212 Å². The van der Waals surface area contributed by atoms with Crippen molar-refractivity contribution in [1.82, 2.24) is 30.2 Å². The molecule has 1 aliphatic heterocycles. The van der Waals surface area contributed by atoms with Gasteiger partial charge in [0.25, 0.3) is 0 Å². The van der Waals surface area contributed by atoms with Crippen LogP contribution in [0.4, 0.5) is 4.79 Å². The van der Waals surface area contributed by atoms with E-state index in [9.17, 15) is 30.0 Å². The summed E-state index contributed by atoms with van der Waals surface area (Å²) in [6.07, 6.45) is -3.40. The first-order chi connectivity index (χ1) is 14.2. The summed E-state index contributed by atoms with van der Waals surface area (Å²) in [5.74, 6) is -1.39. The van der Waals surface area contributed by atoms with E-state index in [1.54, 1.807) is 0 Å². The zero-order valence-electron chi connectivity index (χ0n) is 15.8. The molecule has 164 valence electrons.